The number of thiophene rings is 1. The maximum absolute atomic E-state index is 5.32. The second-order valence-corrected chi connectivity index (χ2v) is 13.7. The van der Waals surface area contributed by atoms with Gasteiger partial charge in [0.25, 0.3) is 0 Å². The SMILES string of the molecule is c1ccc(-c2nc(-c3ccccc3)nc(-c3ccc(-c4ccc(-c5nc6ccc7ccccc7c6c6c5sc5ccccc56)cc4)cc3)n2)cc1. The van der Waals surface area contributed by atoms with Crippen molar-refractivity contribution in [1.29, 1.82) is 0 Å². The maximum atomic E-state index is 5.32. The second-order valence-electron chi connectivity index (χ2n) is 12.6. The monoisotopic (exact) mass is 668 g/mol. The van der Waals surface area contributed by atoms with E-state index in [1.807, 2.05) is 72.0 Å². The lowest BCUT2D eigenvalue weighted by Crippen LogP contribution is -2.00. The van der Waals surface area contributed by atoms with Crippen LogP contribution in [0.1, 0.15) is 0 Å². The largest absolute Gasteiger partial charge is 0.246 e. The fraction of sp³-hybridized carbons (Fsp3) is 0. The van der Waals surface area contributed by atoms with Crippen molar-refractivity contribution in [2.45, 2.75) is 0 Å². The van der Waals surface area contributed by atoms with Crippen LogP contribution in [0.4, 0.5) is 0 Å². The van der Waals surface area contributed by atoms with E-state index in [4.69, 9.17) is 19.9 Å². The first-order valence-electron chi connectivity index (χ1n) is 17.0. The van der Waals surface area contributed by atoms with E-state index in [0.717, 1.165) is 44.6 Å². The molecule has 0 aliphatic rings. The number of pyridine rings is 1. The Morgan fingerprint density at radius 1 is 0.333 bits per heavy atom. The molecule has 5 heteroatoms. The fourth-order valence-corrected chi connectivity index (χ4v) is 8.23. The van der Waals surface area contributed by atoms with Crippen molar-refractivity contribution >= 4 is 53.2 Å². The standard InChI is InChI=1S/C46H28N4S/c1-3-12-33(13-4-1)44-48-45(34-14-5-2-6-15-34)50-46(49-44)35-25-21-30(22-26-35)29-19-23-32(24-20-29)42-43-41(37-17-9-10-18-39(37)51-43)40-36-16-8-7-11-31(36)27-28-38(40)47-42/h1-28H. The molecule has 0 aliphatic carbocycles. The molecule has 0 amide bonds. The van der Waals surface area contributed by atoms with Crippen LogP contribution < -0.4 is 0 Å². The molecule has 0 unspecified atom stereocenters. The van der Waals surface area contributed by atoms with Gasteiger partial charge in [-0.05, 0) is 34.0 Å². The minimum Gasteiger partial charge on any atom is -0.246 e. The van der Waals surface area contributed by atoms with Gasteiger partial charge in [-0.2, -0.15) is 0 Å². The van der Waals surface area contributed by atoms with Crippen molar-refractivity contribution in [3.05, 3.63) is 170 Å². The number of benzene rings is 7. The lowest BCUT2D eigenvalue weighted by atomic mass is 9.97. The van der Waals surface area contributed by atoms with Gasteiger partial charge >= 0.3 is 0 Å². The Hall–Kier alpha value is -6.56. The summed E-state index contributed by atoms with van der Waals surface area (Å²) in [6, 6.07) is 59.1. The number of aromatic nitrogens is 4. The van der Waals surface area contributed by atoms with E-state index in [1.165, 1.54) is 36.3 Å². The number of nitrogens with zero attached hydrogens (tertiary/aromatic N) is 4. The van der Waals surface area contributed by atoms with Gasteiger partial charge in [-0.3, -0.25) is 0 Å². The van der Waals surface area contributed by atoms with Crippen LogP contribution in [-0.2, 0) is 0 Å². The van der Waals surface area contributed by atoms with Gasteiger partial charge in [0.1, 0.15) is 0 Å². The molecule has 51 heavy (non-hydrogen) atoms. The minimum absolute atomic E-state index is 0.645. The first-order chi connectivity index (χ1) is 25.3. The van der Waals surface area contributed by atoms with Crippen LogP contribution in [0.2, 0.25) is 0 Å². The summed E-state index contributed by atoms with van der Waals surface area (Å²) in [5.74, 6) is 1.96. The van der Waals surface area contributed by atoms with Crippen LogP contribution in [0.5, 0.6) is 0 Å². The van der Waals surface area contributed by atoms with Crippen molar-refractivity contribution < 1.29 is 0 Å². The minimum atomic E-state index is 0.645. The Morgan fingerprint density at radius 3 is 1.45 bits per heavy atom. The average molecular weight is 669 g/mol. The molecule has 3 aromatic heterocycles. The van der Waals surface area contributed by atoms with E-state index < -0.39 is 0 Å². The van der Waals surface area contributed by atoms with Crippen molar-refractivity contribution in [2.75, 3.05) is 0 Å². The molecule has 0 radical (unpaired) electrons. The number of hydrogen-bond donors (Lipinski definition) is 0. The van der Waals surface area contributed by atoms with Crippen molar-refractivity contribution in [3.8, 4) is 56.5 Å². The van der Waals surface area contributed by atoms with Crippen molar-refractivity contribution in [3.63, 3.8) is 0 Å². The van der Waals surface area contributed by atoms with Crippen molar-refractivity contribution in [2.24, 2.45) is 0 Å². The molecule has 10 aromatic rings. The van der Waals surface area contributed by atoms with Crippen LogP contribution >= 0.6 is 11.3 Å². The summed E-state index contributed by atoms with van der Waals surface area (Å²) in [5, 5.41) is 6.27. The highest BCUT2D eigenvalue weighted by Crippen LogP contribution is 2.44. The van der Waals surface area contributed by atoms with Crippen LogP contribution in [-0.4, -0.2) is 19.9 Å². The maximum Gasteiger partial charge on any atom is 0.164 e. The summed E-state index contributed by atoms with van der Waals surface area (Å²) in [7, 11) is 0. The first kappa shape index (κ1) is 29.4. The van der Waals surface area contributed by atoms with Gasteiger partial charge in [0.15, 0.2) is 17.5 Å². The zero-order valence-corrected chi connectivity index (χ0v) is 28.2. The summed E-state index contributed by atoms with van der Waals surface area (Å²) in [6.45, 7) is 0. The molecule has 10 rings (SSSR count). The number of fused-ring (bicyclic) bond motifs is 7. The molecular formula is C46H28N4S. The van der Waals surface area contributed by atoms with Gasteiger partial charge in [0, 0.05) is 43.1 Å². The number of hydrogen-bond acceptors (Lipinski definition) is 5. The topological polar surface area (TPSA) is 51.6 Å². The lowest BCUT2D eigenvalue weighted by molar-refractivity contribution is 1.07. The van der Waals surface area contributed by atoms with Gasteiger partial charge in [-0.1, -0.05) is 158 Å². The van der Waals surface area contributed by atoms with E-state index >= 15 is 0 Å². The normalized spacial score (nSPS) is 11.5. The molecule has 3 heterocycles. The lowest BCUT2D eigenvalue weighted by Gasteiger charge is -2.11. The van der Waals surface area contributed by atoms with Crippen LogP contribution in [0.15, 0.2) is 170 Å². The predicted molar refractivity (Wildman–Crippen MR) is 213 cm³/mol. The van der Waals surface area contributed by atoms with Crippen LogP contribution in [0, 0.1) is 0 Å². The summed E-state index contributed by atoms with van der Waals surface area (Å²) in [6.07, 6.45) is 0. The Balaban J connectivity index is 1.03. The zero-order valence-electron chi connectivity index (χ0n) is 27.4. The van der Waals surface area contributed by atoms with Gasteiger partial charge in [0.05, 0.1) is 15.9 Å². The van der Waals surface area contributed by atoms with E-state index in [1.54, 1.807) is 0 Å². The smallest absolute Gasteiger partial charge is 0.164 e. The number of rotatable bonds is 5. The quantitative estimate of drug-likeness (QED) is 0.171. The molecule has 238 valence electrons. The molecule has 0 spiro atoms. The van der Waals surface area contributed by atoms with E-state index in [0.29, 0.717) is 17.5 Å². The fourth-order valence-electron chi connectivity index (χ4n) is 7.01. The molecule has 0 saturated carbocycles. The first-order valence-corrected chi connectivity index (χ1v) is 17.8. The summed E-state index contributed by atoms with van der Waals surface area (Å²) in [4.78, 5) is 19.9. The van der Waals surface area contributed by atoms with E-state index in [9.17, 15) is 0 Å². The van der Waals surface area contributed by atoms with E-state index in [-0.39, 0.29) is 0 Å². The molecule has 0 fully saturated rings. The highest BCUT2D eigenvalue weighted by molar-refractivity contribution is 7.26. The Labute approximate surface area is 298 Å². The molecule has 0 atom stereocenters. The molecule has 0 aliphatic heterocycles. The third-order valence-corrected chi connectivity index (χ3v) is 10.7. The molecule has 4 nitrogen and oxygen atoms in total. The average Bonchev–Trinajstić information content (AvgIpc) is 3.61. The third kappa shape index (κ3) is 5.14. The van der Waals surface area contributed by atoms with Crippen LogP contribution in [0.25, 0.3) is 98.4 Å². The molecule has 7 aromatic carbocycles. The zero-order chi connectivity index (χ0) is 33.7. The van der Waals surface area contributed by atoms with Gasteiger partial charge in [0.2, 0.25) is 0 Å². The molecular weight excluding hydrogens is 641 g/mol. The summed E-state index contributed by atoms with van der Waals surface area (Å²) in [5.41, 5.74) is 8.25. The summed E-state index contributed by atoms with van der Waals surface area (Å²) >= 11 is 1.83. The molecule has 0 saturated heterocycles. The summed E-state index contributed by atoms with van der Waals surface area (Å²) < 4.78 is 2.50. The van der Waals surface area contributed by atoms with Gasteiger partial charge in [-0.25, -0.2) is 19.9 Å². The predicted octanol–water partition coefficient (Wildman–Crippen LogP) is 12.3. The highest BCUT2D eigenvalue weighted by atomic mass is 32.1. The second kappa shape index (κ2) is 12.1. The molecule has 0 bridgehead atoms. The highest BCUT2D eigenvalue weighted by Gasteiger charge is 2.18. The molecule has 0 N–H and O–H groups in total. The van der Waals surface area contributed by atoms with Gasteiger partial charge < -0.3 is 0 Å². The Morgan fingerprint density at radius 2 is 0.824 bits per heavy atom. The Bertz CT molecular complexity index is 2820. The van der Waals surface area contributed by atoms with E-state index in [2.05, 4.69) is 109 Å². The van der Waals surface area contributed by atoms with Crippen molar-refractivity contribution in [1.82, 2.24) is 19.9 Å². The Kier molecular flexibility index (Phi) is 6.96. The van der Waals surface area contributed by atoms with Crippen LogP contribution in [0.3, 0.4) is 0 Å². The van der Waals surface area contributed by atoms with Gasteiger partial charge in [-0.15, -0.1) is 11.3 Å². The third-order valence-electron chi connectivity index (χ3n) is 9.53.